The number of carbonyl (C=O) groups is 2. The number of nitrogens with one attached hydrogen (secondary N) is 1. The molecule has 3 rings (SSSR count). The van der Waals surface area contributed by atoms with Crippen molar-refractivity contribution in [2.45, 2.75) is 30.2 Å². The lowest BCUT2D eigenvalue weighted by Gasteiger charge is -2.34. The van der Waals surface area contributed by atoms with E-state index in [1.165, 1.54) is 11.3 Å². The zero-order valence-electron chi connectivity index (χ0n) is 14.3. The largest absolute Gasteiger partial charge is 0.353 e. The summed E-state index contributed by atoms with van der Waals surface area (Å²) in [6.45, 7) is 1.22. The fraction of sp³-hybridized carbons (Fsp3) is 0.368. The Morgan fingerprint density at radius 2 is 2.04 bits per heavy atom. The molecule has 1 saturated heterocycles. The predicted molar refractivity (Wildman–Crippen MR) is 108 cm³/mol. The summed E-state index contributed by atoms with van der Waals surface area (Å²) in [5, 5.41) is 5.59. The van der Waals surface area contributed by atoms with Gasteiger partial charge in [0.05, 0.1) is 4.88 Å². The van der Waals surface area contributed by atoms with Crippen LogP contribution < -0.4 is 5.32 Å². The van der Waals surface area contributed by atoms with Crippen LogP contribution in [0.2, 0.25) is 5.02 Å². The molecule has 2 amide bonds. The van der Waals surface area contributed by atoms with E-state index in [2.05, 4.69) is 5.32 Å². The second-order valence-electron chi connectivity index (χ2n) is 6.08. The monoisotopic (exact) mass is 408 g/mol. The number of thioether (sulfide) groups is 1. The lowest BCUT2D eigenvalue weighted by molar-refractivity contribution is -0.126. The van der Waals surface area contributed by atoms with Gasteiger partial charge in [0.25, 0.3) is 5.91 Å². The molecular weight excluding hydrogens is 388 g/mol. The van der Waals surface area contributed by atoms with E-state index in [1.54, 1.807) is 16.7 Å². The first-order valence-electron chi connectivity index (χ1n) is 8.66. The third-order valence-corrected chi connectivity index (χ3v) is 6.41. The second-order valence-corrected chi connectivity index (χ2v) is 8.63. The van der Waals surface area contributed by atoms with Gasteiger partial charge < -0.3 is 10.2 Å². The Labute approximate surface area is 166 Å². The number of hydrogen-bond donors (Lipinski definition) is 1. The average molecular weight is 409 g/mol. The molecule has 1 N–H and O–H groups in total. The molecule has 1 atom stereocenters. The summed E-state index contributed by atoms with van der Waals surface area (Å²) < 4.78 is 0. The van der Waals surface area contributed by atoms with Gasteiger partial charge >= 0.3 is 0 Å². The van der Waals surface area contributed by atoms with Crippen molar-refractivity contribution in [2.24, 2.45) is 0 Å². The Hall–Kier alpha value is -1.50. The minimum absolute atomic E-state index is 0.0320. The van der Waals surface area contributed by atoms with Crippen LogP contribution in [0.5, 0.6) is 0 Å². The molecule has 26 heavy (non-hydrogen) atoms. The Morgan fingerprint density at radius 1 is 1.23 bits per heavy atom. The summed E-state index contributed by atoms with van der Waals surface area (Å²) in [7, 11) is 0. The molecule has 2 heterocycles. The molecule has 2 aromatic rings. The molecule has 1 aliphatic rings. The van der Waals surface area contributed by atoms with Gasteiger partial charge in [-0.25, -0.2) is 0 Å². The number of benzene rings is 1. The Bertz CT molecular complexity index is 735. The van der Waals surface area contributed by atoms with Crippen LogP contribution in [0.15, 0.2) is 46.7 Å². The van der Waals surface area contributed by atoms with Gasteiger partial charge in [-0.1, -0.05) is 17.7 Å². The molecule has 7 heteroatoms. The van der Waals surface area contributed by atoms with Crippen molar-refractivity contribution in [3.63, 3.8) is 0 Å². The van der Waals surface area contributed by atoms with E-state index in [1.807, 2.05) is 41.8 Å². The van der Waals surface area contributed by atoms with E-state index in [4.69, 9.17) is 11.6 Å². The maximum atomic E-state index is 12.7. The molecule has 1 aliphatic heterocycles. The summed E-state index contributed by atoms with van der Waals surface area (Å²) in [5.74, 6) is 0.695. The highest BCUT2D eigenvalue weighted by Crippen LogP contribution is 2.22. The van der Waals surface area contributed by atoms with Crippen molar-refractivity contribution in [1.82, 2.24) is 10.2 Å². The van der Waals surface area contributed by atoms with E-state index in [0.29, 0.717) is 18.0 Å². The number of hydrogen-bond acceptors (Lipinski definition) is 4. The van der Waals surface area contributed by atoms with Crippen LogP contribution in [0.4, 0.5) is 0 Å². The normalized spacial score (nSPS) is 17.1. The first kappa shape index (κ1) is 19.3. The van der Waals surface area contributed by atoms with Crippen molar-refractivity contribution in [3.8, 4) is 0 Å². The SMILES string of the molecule is O=C(NCCSc1ccc(Cl)cc1)C1CCCCN1C(=O)c1cccs1. The molecule has 0 saturated carbocycles. The summed E-state index contributed by atoms with van der Waals surface area (Å²) in [6.07, 6.45) is 2.66. The van der Waals surface area contributed by atoms with Crippen LogP contribution in [0.25, 0.3) is 0 Å². The molecule has 0 aliphatic carbocycles. The smallest absolute Gasteiger partial charge is 0.264 e. The van der Waals surface area contributed by atoms with Gasteiger partial charge in [0.15, 0.2) is 0 Å². The van der Waals surface area contributed by atoms with Crippen molar-refractivity contribution in [3.05, 3.63) is 51.7 Å². The van der Waals surface area contributed by atoms with E-state index in [-0.39, 0.29) is 17.9 Å². The summed E-state index contributed by atoms with van der Waals surface area (Å²) >= 11 is 8.97. The van der Waals surface area contributed by atoms with Crippen LogP contribution in [-0.4, -0.2) is 41.6 Å². The van der Waals surface area contributed by atoms with E-state index in [0.717, 1.165) is 34.9 Å². The van der Waals surface area contributed by atoms with Gasteiger partial charge in [-0.05, 0) is 55.0 Å². The quantitative estimate of drug-likeness (QED) is 0.572. The molecule has 1 aromatic carbocycles. The molecule has 1 unspecified atom stereocenters. The average Bonchev–Trinajstić information content (AvgIpc) is 3.20. The van der Waals surface area contributed by atoms with Crippen LogP contribution >= 0.6 is 34.7 Å². The zero-order valence-corrected chi connectivity index (χ0v) is 16.7. The number of amides is 2. The third-order valence-electron chi connectivity index (χ3n) is 4.28. The summed E-state index contributed by atoms with van der Waals surface area (Å²) in [6, 6.07) is 11.0. The molecule has 138 valence electrons. The first-order chi connectivity index (χ1) is 12.6. The third kappa shape index (κ3) is 5.02. The number of carbonyl (C=O) groups excluding carboxylic acids is 2. The molecule has 0 radical (unpaired) electrons. The number of likely N-dealkylation sites (tertiary alicyclic amines) is 1. The molecular formula is C19H21ClN2O2S2. The molecule has 1 aromatic heterocycles. The topological polar surface area (TPSA) is 49.4 Å². The minimum Gasteiger partial charge on any atom is -0.353 e. The van der Waals surface area contributed by atoms with Crippen molar-refractivity contribution in [1.29, 1.82) is 0 Å². The highest BCUT2D eigenvalue weighted by atomic mass is 35.5. The number of nitrogens with zero attached hydrogens (tertiary/aromatic N) is 1. The van der Waals surface area contributed by atoms with E-state index < -0.39 is 0 Å². The Balaban J connectivity index is 1.50. The number of piperidine rings is 1. The Kier molecular flexibility index (Phi) is 7.00. The van der Waals surface area contributed by atoms with Crippen molar-refractivity contribution in [2.75, 3.05) is 18.8 Å². The summed E-state index contributed by atoms with van der Waals surface area (Å²) in [4.78, 5) is 28.8. The number of rotatable bonds is 6. The van der Waals surface area contributed by atoms with Crippen LogP contribution in [0.1, 0.15) is 28.9 Å². The van der Waals surface area contributed by atoms with Gasteiger partial charge in [0, 0.05) is 28.8 Å². The van der Waals surface area contributed by atoms with Crippen LogP contribution in [0, 0.1) is 0 Å². The molecule has 1 fully saturated rings. The fourth-order valence-corrected chi connectivity index (χ4v) is 4.55. The van der Waals surface area contributed by atoms with Gasteiger partial charge in [0.1, 0.15) is 6.04 Å². The minimum atomic E-state index is -0.362. The second kappa shape index (κ2) is 9.44. The van der Waals surface area contributed by atoms with E-state index >= 15 is 0 Å². The van der Waals surface area contributed by atoms with E-state index in [9.17, 15) is 9.59 Å². The Morgan fingerprint density at radius 3 is 2.77 bits per heavy atom. The predicted octanol–water partition coefficient (Wildman–Crippen LogP) is 4.30. The molecule has 0 spiro atoms. The maximum absolute atomic E-state index is 12.7. The van der Waals surface area contributed by atoms with Crippen LogP contribution in [0.3, 0.4) is 0 Å². The molecule has 4 nitrogen and oxygen atoms in total. The highest BCUT2D eigenvalue weighted by molar-refractivity contribution is 7.99. The van der Waals surface area contributed by atoms with Gasteiger partial charge in [0.2, 0.25) is 5.91 Å². The lowest BCUT2D eigenvalue weighted by atomic mass is 10.0. The van der Waals surface area contributed by atoms with Gasteiger partial charge in [-0.3, -0.25) is 9.59 Å². The fourth-order valence-electron chi connectivity index (χ4n) is 2.98. The van der Waals surface area contributed by atoms with Crippen LogP contribution in [-0.2, 0) is 4.79 Å². The van der Waals surface area contributed by atoms with Crippen molar-refractivity contribution < 1.29 is 9.59 Å². The number of halogens is 1. The first-order valence-corrected chi connectivity index (χ1v) is 10.9. The maximum Gasteiger partial charge on any atom is 0.264 e. The van der Waals surface area contributed by atoms with Crippen molar-refractivity contribution >= 4 is 46.5 Å². The summed E-state index contributed by atoms with van der Waals surface area (Å²) in [5.41, 5.74) is 0. The zero-order chi connectivity index (χ0) is 18.4. The molecule has 0 bridgehead atoms. The lowest BCUT2D eigenvalue weighted by Crippen LogP contribution is -2.52. The highest BCUT2D eigenvalue weighted by Gasteiger charge is 2.32. The standard InChI is InChI=1S/C19H21ClN2O2S2/c20-14-6-8-15(9-7-14)25-13-10-21-18(23)16-4-1-2-11-22(16)19(24)17-5-3-12-26-17/h3,5-9,12,16H,1-2,4,10-11,13H2,(H,21,23). The van der Waals surface area contributed by atoms with Gasteiger partial charge in [-0.15, -0.1) is 23.1 Å². The number of thiophene rings is 1. The van der Waals surface area contributed by atoms with Gasteiger partial charge in [-0.2, -0.15) is 0 Å².